The fourth-order valence-corrected chi connectivity index (χ4v) is 4.09. The summed E-state index contributed by atoms with van der Waals surface area (Å²) >= 11 is 0. The number of carbonyl (C=O) groups is 1. The lowest BCUT2D eigenvalue weighted by atomic mass is 9.93. The largest absolute Gasteiger partial charge is 0.331 e. The molecule has 0 bridgehead atoms. The molecule has 1 aromatic carbocycles. The fourth-order valence-electron chi connectivity index (χ4n) is 4.09. The molecule has 0 aliphatic heterocycles. The number of nitrogens with one attached hydrogen (secondary N) is 1. The number of carbonyl (C=O) groups excluding carboxylic acids is 1. The minimum atomic E-state index is -0.125. The van der Waals surface area contributed by atoms with E-state index in [9.17, 15) is 9.59 Å². The van der Waals surface area contributed by atoms with E-state index in [1.807, 2.05) is 30.0 Å². The monoisotopic (exact) mass is 375 g/mol. The molecule has 3 aromatic rings. The number of aryl methyl sites for hydroxylation is 1. The second-order valence-corrected chi connectivity index (χ2v) is 7.68. The number of H-pyrrole nitrogens is 1. The van der Waals surface area contributed by atoms with Crippen LogP contribution in [0.1, 0.15) is 53.6 Å². The molecule has 5 nitrogen and oxygen atoms in total. The van der Waals surface area contributed by atoms with Gasteiger partial charge in [-0.25, -0.2) is 0 Å². The molecule has 1 amide bonds. The Kier molecular flexibility index (Phi) is 5.24. The first-order valence-corrected chi connectivity index (χ1v) is 9.95. The third kappa shape index (κ3) is 3.84. The van der Waals surface area contributed by atoms with Gasteiger partial charge in [-0.15, -0.1) is 0 Å². The van der Waals surface area contributed by atoms with Gasteiger partial charge in [0.2, 0.25) is 0 Å². The van der Waals surface area contributed by atoms with E-state index < -0.39 is 0 Å². The summed E-state index contributed by atoms with van der Waals surface area (Å²) < 4.78 is 0. The van der Waals surface area contributed by atoms with Crippen molar-refractivity contribution in [3.05, 3.63) is 75.8 Å². The van der Waals surface area contributed by atoms with E-state index in [0.29, 0.717) is 17.7 Å². The van der Waals surface area contributed by atoms with Crippen molar-refractivity contribution in [3.8, 4) is 0 Å². The van der Waals surface area contributed by atoms with Crippen LogP contribution >= 0.6 is 0 Å². The number of amides is 1. The molecule has 1 aliphatic carbocycles. The summed E-state index contributed by atoms with van der Waals surface area (Å²) in [5, 5.41) is 0.995. The van der Waals surface area contributed by atoms with Crippen LogP contribution in [0.3, 0.4) is 0 Å². The lowest BCUT2D eigenvalue weighted by Gasteiger charge is -2.34. The van der Waals surface area contributed by atoms with Gasteiger partial charge >= 0.3 is 0 Å². The average Bonchev–Trinajstić information content (AvgIpc) is 2.73. The second-order valence-electron chi connectivity index (χ2n) is 7.68. The molecule has 2 heterocycles. The van der Waals surface area contributed by atoms with Crippen LogP contribution in [0.15, 0.2) is 53.6 Å². The van der Waals surface area contributed by atoms with E-state index in [2.05, 4.69) is 16.0 Å². The summed E-state index contributed by atoms with van der Waals surface area (Å²) in [5.74, 6) is -0.0296. The highest BCUT2D eigenvalue weighted by Gasteiger charge is 2.27. The van der Waals surface area contributed by atoms with Crippen LogP contribution in [0, 0.1) is 6.92 Å². The van der Waals surface area contributed by atoms with E-state index in [1.165, 1.54) is 6.42 Å². The molecular formula is C23H25N3O2. The molecule has 1 aliphatic rings. The van der Waals surface area contributed by atoms with Crippen LogP contribution in [0.2, 0.25) is 0 Å². The molecule has 5 heteroatoms. The van der Waals surface area contributed by atoms with Crippen LogP contribution in [0.5, 0.6) is 0 Å². The van der Waals surface area contributed by atoms with Crippen molar-refractivity contribution in [2.75, 3.05) is 0 Å². The number of hydrogen-bond donors (Lipinski definition) is 1. The standard InChI is InChI=1S/C23H25N3O2/c1-16-7-8-21-18(13-16)14-19(22(27)25-21)15-26(20-5-3-2-4-6-20)23(28)17-9-11-24-12-10-17/h7-14,20H,2-6,15H2,1H3,(H,25,27). The molecule has 28 heavy (non-hydrogen) atoms. The topological polar surface area (TPSA) is 66.1 Å². The van der Waals surface area contributed by atoms with E-state index in [1.54, 1.807) is 24.5 Å². The minimum Gasteiger partial charge on any atom is -0.331 e. The maximum absolute atomic E-state index is 13.3. The number of fused-ring (bicyclic) bond motifs is 1. The van der Waals surface area contributed by atoms with Gasteiger partial charge in [0.15, 0.2) is 0 Å². The predicted octanol–water partition coefficient (Wildman–Crippen LogP) is 4.21. The summed E-state index contributed by atoms with van der Waals surface area (Å²) in [6.45, 7) is 2.36. The normalized spacial score (nSPS) is 14.9. The molecule has 0 saturated heterocycles. The van der Waals surface area contributed by atoms with Gasteiger partial charge in [-0.05, 0) is 55.5 Å². The fraction of sp³-hybridized carbons (Fsp3) is 0.348. The first-order valence-electron chi connectivity index (χ1n) is 9.95. The van der Waals surface area contributed by atoms with Crippen LogP contribution in [0.4, 0.5) is 0 Å². The molecule has 0 atom stereocenters. The maximum atomic E-state index is 13.3. The van der Waals surface area contributed by atoms with Crippen LogP contribution in [-0.2, 0) is 6.54 Å². The summed E-state index contributed by atoms with van der Waals surface area (Å²) in [5.41, 5.74) is 3.09. The molecule has 144 valence electrons. The number of benzene rings is 1. The molecule has 2 aromatic heterocycles. The quantitative estimate of drug-likeness (QED) is 0.743. The van der Waals surface area contributed by atoms with E-state index in [-0.39, 0.29) is 17.5 Å². The van der Waals surface area contributed by atoms with Crippen LogP contribution < -0.4 is 5.56 Å². The SMILES string of the molecule is Cc1ccc2[nH]c(=O)c(CN(C(=O)c3ccncc3)C3CCCCC3)cc2c1. The van der Waals surface area contributed by atoms with Gasteiger partial charge in [-0.1, -0.05) is 30.9 Å². The zero-order chi connectivity index (χ0) is 19.5. The first kappa shape index (κ1) is 18.4. The van der Waals surface area contributed by atoms with Gasteiger partial charge in [0.25, 0.3) is 11.5 Å². The molecule has 1 fully saturated rings. The Morgan fingerprint density at radius 1 is 1.11 bits per heavy atom. The molecule has 4 rings (SSSR count). The zero-order valence-corrected chi connectivity index (χ0v) is 16.1. The Morgan fingerprint density at radius 2 is 1.86 bits per heavy atom. The summed E-state index contributed by atoms with van der Waals surface area (Å²) in [6.07, 6.45) is 8.71. The van der Waals surface area contributed by atoms with Gasteiger partial charge in [0.05, 0.1) is 6.54 Å². The Labute approximate surface area is 164 Å². The van der Waals surface area contributed by atoms with Crippen molar-refractivity contribution < 1.29 is 4.79 Å². The number of aromatic amines is 1. The predicted molar refractivity (Wildman–Crippen MR) is 110 cm³/mol. The second kappa shape index (κ2) is 7.97. The van der Waals surface area contributed by atoms with Gasteiger partial charge < -0.3 is 9.88 Å². The van der Waals surface area contributed by atoms with Gasteiger partial charge in [-0.2, -0.15) is 0 Å². The number of hydrogen-bond acceptors (Lipinski definition) is 3. The van der Waals surface area contributed by atoms with Crippen LogP contribution in [-0.4, -0.2) is 26.8 Å². The molecule has 0 radical (unpaired) electrons. The van der Waals surface area contributed by atoms with Crippen molar-refractivity contribution in [2.45, 2.75) is 51.6 Å². The van der Waals surface area contributed by atoms with E-state index in [4.69, 9.17) is 0 Å². The Morgan fingerprint density at radius 3 is 2.61 bits per heavy atom. The Hall–Kier alpha value is -2.95. The lowest BCUT2D eigenvalue weighted by Crippen LogP contribution is -2.42. The third-order valence-corrected chi connectivity index (χ3v) is 5.62. The van der Waals surface area contributed by atoms with Crippen LogP contribution in [0.25, 0.3) is 10.9 Å². The number of pyridine rings is 2. The third-order valence-electron chi connectivity index (χ3n) is 5.62. The summed E-state index contributed by atoms with van der Waals surface area (Å²) in [7, 11) is 0. The van der Waals surface area contributed by atoms with Crippen molar-refractivity contribution >= 4 is 16.8 Å². The Bertz CT molecular complexity index is 1040. The van der Waals surface area contributed by atoms with Crippen molar-refractivity contribution in [1.29, 1.82) is 0 Å². The van der Waals surface area contributed by atoms with Crippen molar-refractivity contribution in [2.24, 2.45) is 0 Å². The first-order chi connectivity index (χ1) is 13.6. The molecule has 0 spiro atoms. The van der Waals surface area contributed by atoms with Gasteiger partial charge in [-0.3, -0.25) is 14.6 Å². The zero-order valence-electron chi connectivity index (χ0n) is 16.1. The molecule has 1 saturated carbocycles. The highest BCUT2D eigenvalue weighted by atomic mass is 16.2. The number of nitrogens with zero attached hydrogens (tertiary/aromatic N) is 2. The lowest BCUT2D eigenvalue weighted by molar-refractivity contribution is 0.0613. The average molecular weight is 375 g/mol. The van der Waals surface area contributed by atoms with E-state index in [0.717, 1.165) is 42.1 Å². The smallest absolute Gasteiger partial charge is 0.254 e. The maximum Gasteiger partial charge on any atom is 0.254 e. The highest BCUT2D eigenvalue weighted by Crippen LogP contribution is 2.26. The van der Waals surface area contributed by atoms with Gasteiger partial charge in [0.1, 0.15) is 0 Å². The minimum absolute atomic E-state index is 0.0296. The molecule has 1 N–H and O–H groups in total. The Balaban J connectivity index is 1.71. The number of aromatic nitrogens is 2. The van der Waals surface area contributed by atoms with Gasteiger partial charge in [0, 0.05) is 35.1 Å². The van der Waals surface area contributed by atoms with Crippen molar-refractivity contribution in [3.63, 3.8) is 0 Å². The highest BCUT2D eigenvalue weighted by molar-refractivity contribution is 5.94. The van der Waals surface area contributed by atoms with E-state index >= 15 is 0 Å². The number of rotatable bonds is 4. The molecule has 0 unspecified atom stereocenters. The van der Waals surface area contributed by atoms with Crippen molar-refractivity contribution in [1.82, 2.24) is 14.9 Å². The molecular weight excluding hydrogens is 350 g/mol. The summed E-state index contributed by atoms with van der Waals surface area (Å²) in [6, 6.07) is 11.6. The summed E-state index contributed by atoms with van der Waals surface area (Å²) in [4.78, 5) is 34.8.